The van der Waals surface area contributed by atoms with Crippen LogP contribution in [0.2, 0.25) is 0 Å². The molecule has 0 aliphatic rings. The Morgan fingerprint density at radius 3 is 2.46 bits per heavy atom. The zero-order valence-electron chi connectivity index (χ0n) is 14.4. The van der Waals surface area contributed by atoms with Crippen LogP contribution in [0.25, 0.3) is 0 Å². The third kappa shape index (κ3) is 2.67. The van der Waals surface area contributed by atoms with Crippen molar-refractivity contribution in [1.29, 1.82) is 5.26 Å². The Bertz CT molecular complexity index is 929. The van der Waals surface area contributed by atoms with Gasteiger partial charge in [0.1, 0.15) is 11.9 Å². The van der Waals surface area contributed by atoms with Gasteiger partial charge in [0.2, 0.25) is 5.88 Å². The van der Waals surface area contributed by atoms with E-state index in [-0.39, 0.29) is 17.9 Å². The van der Waals surface area contributed by atoms with Crippen molar-refractivity contribution in [3.05, 3.63) is 37.7 Å². The highest BCUT2D eigenvalue weighted by Gasteiger charge is 2.19. The minimum atomic E-state index is -0.628. The van der Waals surface area contributed by atoms with E-state index in [4.69, 9.17) is 4.74 Å². The van der Waals surface area contributed by atoms with Gasteiger partial charge in [-0.05, 0) is 6.42 Å². The maximum Gasteiger partial charge on any atom is 0.332 e. The molecule has 2 aromatic rings. The maximum atomic E-state index is 12.1. The number of aromatic nitrogens is 4. The zero-order chi connectivity index (χ0) is 18.0. The molecule has 0 amide bonds. The maximum absolute atomic E-state index is 12.1. The Morgan fingerprint density at radius 2 is 1.92 bits per heavy atom. The molecule has 9 nitrogen and oxygen atoms in total. The molecule has 2 rings (SSSR count). The summed E-state index contributed by atoms with van der Waals surface area (Å²) in [6.07, 6.45) is 0.703. The Hall–Kier alpha value is -3.02. The third-order valence-electron chi connectivity index (χ3n) is 3.91. The first-order valence-corrected chi connectivity index (χ1v) is 7.40. The fourth-order valence-electron chi connectivity index (χ4n) is 2.65. The second-order valence-corrected chi connectivity index (χ2v) is 5.31. The van der Waals surface area contributed by atoms with Crippen LogP contribution >= 0.6 is 0 Å². The predicted molar refractivity (Wildman–Crippen MR) is 88.1 cm³/mol. The van der Waals surface area contributed by atoms with Crippen molar-refractivity contribution in [1.82, 2.24) is 18.9 Å². The van der Waals surface area contributed by atoms with Crippen molar-refractivity contribution in [2.24, 2.45) is 21.1 Å². The van der Waals surface area contributed by atoms with Gasteiger partial charge in [-0.1, -0.05) is 6.92 Å². The van der Waals surface area contributed by atoms with Crippen LogP contribution in [-0.4, -0.2) is 26.0 Å². The van der Waals surface area contributed by atoms with E-state index in [1.165, 1.54) is 18.7 Å². The molecule has 0 saturated heterocycles. The van der Waals surface area contributed by atoms with Crippen LogP contribution in [0.15, 0.2) is 9.59 Å². The molecular weight excluding hydrogens is 312 g/mol. The Kier molecular flexibility index (Phi) is 4.78. The van der Waals surface area contributed by atoms with Gasteiger partial charge < -0.3 is 10.1 Å². The number of rotatable bonds is 5. The van der Waals surface area contributed by atoms with Crippen molar-refractivity contribution < 1.29 is 4.74 Å². The molecule has 0 aliphatic heterocycles. The van der Waals surface area contributed by atoms with Crippen molar-refractivity contribution in [3.8, 4) is 11.9 Å². The summed E-state index contributed by atoms with van der Waals surface area (Å²) in [6, 6.07) is 1.86. The topological polar surface area (TPSA) is 107 Å². The lowest BCUT2D eigenvalue weighted by molar-refractivity contribution is 0.369. The van der Waals surface area contributed by atoms with Gasteiger partial charge in [-0.25, -0.2) is 9.48 Å². The van der Waals surface area contributed by atoms with Crippen LogP contribution in [0.4, 0.5) is 5.82 Å². The van der Waals surface area contributed by atoms with E-state index in [1.54, 1.807) is 18.8 Å². The highest BCUT2D eigenvalue weighted by molar-refractivity contribution is 5.52. The minimum absolute atomic E-state index is 0.111. The van der Waals surface area contributed by atoms with E-state index in [9.17, 15) is 14.9 Å². The first-order valence-electron chi connectivity index (χ1n) is 7.40. The lowest BCUT2D eigenvalue weighted by atomic mass is 10.2. The van der Waals surface area contributed by atoms with E-state index in [2.05, 4.69) is 10.4 Å². The van der Waals surface area contributed by atoms with Crippen molar-refractivity contribution in [3.63, 3.8) is 0 Å². The molecule has 0 radical (unpaired) electrons. The molecular formula is C15H20N6O3. The number of nitriles is 1. The molecule has 2 aromatic heterocycles. The minimum Gasteiger partial charge on any atom is -0.481 e. The normalized spacial score (nSPS) is 10.5. The highest BCUT2D eigenvalue weighted by Crippen LogP contribution is 2.23. The first-order chi connectivity index (χ1) is 11.4. The lowest BCUT2D eigenvalue weighted by Crippen LogP contribution is -2.39. The molecule has 24 heavy (non-hydrogen) atoms. The fourth-order valence-corrected chi connectivity index (χ4v) is 2.65. The molecule has 9 heteroatoms. The summed E-state index contributed by atoms with van der Waals surface area (Å²) >= 11 is 0. The number of hydrogen-bond donors (Lipinski definition) is 1. The van der Waals surface area contributed by atoms with Crippen LogP contribution in [0, 0.1) is 11.3 Å². The Morgan fingerprint density at radius 1 is 1.25 bits per heavy atom. The van der Waals surface area contributed by atoms with Gasteiger partial charge in [0, 0.05) is 27.7 Å². The number of ether oxygens (including phenoxy) is 1. The van der Waals surface area contributed by atoms with Crippen LogP contribution in [0.1, 0.15) is 23.7 Å². The second-order valence-electron chi connectivity index (χ2n) is 5.31. The summed E-state index contributed by atoms with van der Waals surface area (Å²) in [5, 5.41) is 16.7. The summed E-state index contributed by atoms with van der Waals surface area (Å²) in [5.41, 5.74) is 0.418. The quantitative estimate of drug-likeness (QED) is 0.817. The SMILES string of the molecule is CCc1nn(C)c(OC)c1CNc1c(C#N)c(=O)n(C)c(=O)n1C. The predicted octanol–water partition coefficient (Wildman–Crippen LogP) is -0.128. The fraction of sp³-hybridized carbons (Fsp3) is 0.467. The Labute approximate surface area is 138 Å². The van der Waals surface area contributed by atoms with E-state index in [0.29, 0.717) is 12.3 Å². The molecule has 0 bridgehead atoms. The summed E-state index contributed by atoms with van der Waals surface area (Å²) in [5.74, 6) is 0.769. The average Bonchev–Trinajstić information content (AvgIpc) is 2.89. The smallest absolute Gasteiger partial charge is 0.332 e. The molecule has 1 N–H and O–H groups in total. The third-order valence-corrected chi connectivity index (χ3v) is 3.91. The molecule has 0 spiro atoms. The van der Waals surface area contributed by atoms with E-state index >= 15 is 0 Å². The van der Waals surface area contributed by atoms with Crippen LogP contribution in [0.5, 0.6) is 5.88 Å². The second kappa shape index (κ2) is 6.62. The van der Waals surface area contributed by atoms with Gasteiger partial charge in [0.25, 0.3) is 5.56 Å². The number of aryl methyl sites for hydroxylation is 2. The van der Waals surface area contributed by atoms with Gasteiger partial charge in [-0.2, -0.15) is 10.4 Å². The van der Waals surface area contributed by atoms with E-state index in [1.807, 2.05) is 13.0 Å². The van der Waals surface area contributed by atoms with Crippen molar-refractivity contribution >= 4 is 5.82 Å². The number of methoxy groups -OCH3 is 1. The molecule has 0 aliphatic carbocycles. The lowest BCUT2D eigenvalue weighted by Gasteiger charge is -2.14. The summed E-state index contributed by atoms with van der Waals surface area (Å²) in [7, 11) is 6.17. The summed E-state index contributed by atoms with van der Waals surface area (Å²) < 4.78 is 9.14. The molecule has 0 saturated carbocycles. The summed E-state index contributed by atoms with van der Waals surface area (Å²) in [6.45, 7) is 2.25. The Balaban J connectivity index is 2.51. The van der Waals surface area contributed by atoms with E-state index < -0.39 is 11.2 Å². The van der Waals surface area contributed by atoms with Crippen LogP contribution in [-0.2, 0) is 34.1 Å². The molecule has 0 fully saturated rings. The first kappa shape index (κ1) is 17.3. The summed E-state index contributed by atoms with van der Waals surface area (Å²) in [4.78, 5) is 24.2. The number of nitrogens with one attached hydrogen (secondary N) is 1. The van der Waals surface area contributed by atoms with Crippen LogP contribution in [0.3, 0.4) is 0 Å². The standard InChI is InChI=1S/C15H20N6O3/c1-6-11-10(14(24-5)21(4)18-11)8-17-12-9(7-16)13(22)20(3)15(23)19(12)2/h17H,6,8H2,1-5H3. The number of hydrogen-bond acceptors (Lipinski definition) is 6. The highest BCUT2D eigenvalue weighted by atomic mass is 16.5. The van der Waals surface area contributed by atoms with Gasteiger partial charge in [-0.3, -0.25) is 13.9 Å². The number of nitrogens with zero attached hydrogens (tertiary/aromatic N) is 5. The van der Waals surface area contributed by atoms with Crippen molar-refractivity contribution in [2.75, 3.05) is 12.4 Å². The monoisotopic (exact) mass is 332 g/mol. The molecule has 2 heterocycles. The average molecular weight is 332 g/mol. The van der Waals surface area contributed by atoms with Gasteiger partial charge in [-0.15, -0.1) is 0 Å². The van der Waals surface area contributed by atoms with Crippen molar-refractivity contribution in [2.45, 2.75) is 19.9 Å². The largest absolute Gasteiger partial charge is 0.481 e. The molecule has 0 aromatic carbocycles. The van der Waals surface area contributed by atoms with Crippen LogP contribution < -0.4 is 21.3 Å². The van der Waals surface area contributed by atoms with Gasteiger partial charge >= 0.3 is 5.69 Å². The zero-order valence-corrected chi connectivity index (χ0v) is 14.4. The molecule has 128 valence electrons. The van der Waals surface area contributed by atoms with Gasteiger partial charge in [0.05, 0.1) is 18.4 Å². The van der Waals surface area contributed by atoms with E-state index in [0.717, 1.165) is 15.8 Å². The molecule has 0 atom stereocenters. The molecule has 0 unspecified atom stereocenters. The number of anilines is 1. The van der Waals surface area contributed by atoms with Gasteiger partial charge in [0.15, 0.2) is 5.56 Å².